The van der Waals surface area contributed by atoms with Crippen molar-refractivity contribution in [2.45, 2.75) is 206 Å². The van der Waals surface area contributed by atoms with E-state index in [4.69, 9.17) is 32.8 Å². The highest BCUT2D eigenvalue weighted by Crippen LogP contribution is 2.42. The predicted octanol–water partition coefficient (Wildman–Crippen LogP) is 7.29. The molecule has 0 aromatic heterocycles. The van der Waals surface area contributed by atoms with E-state index < -0.39 is 98.0 Å². The van der Waals surface area contributed by atoms with Gasteiger partial charge in [0.25, 0.3) is 11.7 Å². The van der Waals surface area contributed by atoms with Gasteiger partial charge in [-0.2, -0.15) is 0 Å². The summed E-state index contributed by atoms with van der Waals surface area (Å²) in [6.45, 7) is 22.1. The summed E-state index contributed by atoms with van der Waals surface area (Å²) in [5.41, 5.74) is 1.75. The number of nitrogens with zero attached hydrogens (tertiary/aromatic N) is 1. The fourth-order valence-corrected chi connectivity index (χ4v) is 11.9. The van der Waals surface area contributed by atoms with Crippen LogP contribution in [0.15, 0.2) is 23.3 Å². The van der Waals surface area contributed by atoms with E-state index in [-0.39, 0.29) is 67.5 Å². The highest BCUT2D eigenvalue weighted by molar-refractivity contribution is 6.74. The van der Waals surface area contributed by atoms with Crippen LogP contribution in [0.1, 0.15) is 133 Å². The highest BCUT2D eigenvalue weighted by atomic mass is 28.4. The summed E-state index contributed by atoms with van der Waals surface area (Å²) in [5, 5.41) is 12.0. The van der Waals surface area contributed by atoms with E-state index in [1.54, 1.807) is 28.3 Å². The fraction of sp³-hybridized carbons (Fsp3) is 0.808. The maximum atomic E-state index is 14.9. The number of cyclic esters (lactones) is 1. The summed E-state index contributed by atoms with van der Waals surface area (Å²) in [7, 11) is 2.10. The van der Waals surface area contributed by atoms with E-state index >= 15 is 0 Å². The Morgan fingerprint density at radius 1 is 0.912 bits per heavy atom. The minimum absolute atomic E-state index is 0.0197. The number of Topliss-reactive ketones (excluding diaryl/α,β-unsaturated/α-hetero) is 3. The average molecular weight is 976 g/mol. The number of aldehydes is 1. The lowest BCUT2D eigenvalue weighted by Crippen LogP contribution is -2.64. The minimum atomic E-state index is -2.57. The Bertz CT molecular complexity index is 1830. The summed E-state index contributed by atoms with van der Waals surface area (Å²) >= 11 is 0. The van der Waals surface area contributed by atoms with Crippen LogP contribution in [0.2, 0.25) is 18.1 Å². The molecule has 15 nitrogen and oxygen atoms in total. The van der Waals surface area contributed by atoms with E-state index in [0.717, 1.165) is 11.1 Å². The lowest BCUT2D eigenvalue weighted by atomic mass is 9.81. The zero-order chi connectivity index (χ0) is 50.9. The van der Waals surface area contributed by atoms with E-state index in [1.165, 1.54) is 4.90 Å². The van der Waals surface area contributed by atoms with Crippen molar-refractivity contribution in [2.24, 2.45) is 29.6 Å². The first-order valence-electron chi connectivity index (χ1n) is 25.1. The molecule has 0 aromatic rings. The first-order valence-corrected chi connectivity index (χ1v) is 28.0. The Balaban J connectivity index is 1.86. The number of allylic oxidation sites excluding steroid dienone is 3. The second kappa shape index (κ2) is 24.9. The van der Waals surface area contributed by atoms with E-state index in [0.29, 0.717) is 51.4 Å². The molecule has 4 rings (SSSR count). The molecule has 14 atom stereocenters. The van der Waals surface area contributed by atoms with Crippen molar-refractivity contribution in [1.29, 1.82) is 0 Å². The highest BCUT2D eigenvalue weighted by Gasteiger charge is 2.57. The summed E-state index contributed by atoms with van der Waals surface area (Å²) in [5.74, 6) is -7.87. The number of ketones is 3. The van der Waals surface area contributed by atoms with Crippen LogP contribution in [-0.4, -0.2) is 143 Å². The van der Waals surface area contributed by atoms with Gasteiger partial charge in [0.05, 0.1) is 30.5 Å². The smallest absolute Gasteiger partial charge is 0.329 e. The number of carbonyl (C=O) groups is 6. The number of rotatable bonds is 12. The Kier molecular flexibility index (Phi) is 21.1. The molecule has 16 heteroatoms. The normalized spacial score (nSPS) is 36.8. The van der Waals surface area contributed by atoms with Gasteiger partial charge < -0.3 is 42.9 Å². The van der Waals surface area contributed by atoms with Gasteiger partial charge in [-0.25, -0.2) is 4.79 Å². The van der Waals surface area contributed by atoms with Crippen LogP contribution >= 0.6 is 0 Å². The second-order valence-corrected chi connectivity index (χ2v) is 26.6. The van der Waals surface area contributed by atoms with E-state index in [2.05, 4.69) is 52.9 Å². The zero-order valence-electron chi connectivity index (χ0n) is 43.6. The van der Waals surface area contributed by atoms with Crippen molar-refractivity contribution in [3.8, 4) is 0 Å². The summed E-state index contributed by atoms with van der Waals surface area (Å²) in [6.07, 6.45) is 4.99. The van der Waals surface area contributed by atoms with Crippen molar-refractivity contribution in [2.75, 3.05) is 34.5 Å². The Morgan fingerprint density at radius 3 is 2.16 bits per heavy atom. The third-order valence-corrected chi connectivity index (χ3v) is 20.2. The molecule has 2 saturated heterocycles. The van der Waals surface area contributed by atoms with Gasteiger partial charge in [-0.1, -0.05) is 66.2 Å². The Hall–Kier alpha value is -2.96. The fourth-order valence-electron chi connectivity index (χ4n) is 10.5. The van der Waals surface area contributed by atoms with Crippen molar-refractivity contribution >= 4 is 43.8 Å². The standard InChI is InChI=1S/C52H85NO14Si/c1-15-37-23-31(2)22-32(3)24-44(62-11)47-45(63-12)26-34(5)52(60,66-47)48(57)49(58)53-21-17-16-18-39(53)50(59)65-46(35(6)42(28-40(37)56)67-68(13,14)51(7,8)9)33(4)25-36-19-20-41(43(27-36)61-10)64-30-38(55)29-54/h23,25,29,32,34-37,39,41-47,60H,15-22,24,26-28,30H2,1-14H3/b31-23+,33-25?. The molecule has 3 aliphatic heterocycles. The molecule has 0 aromatic carbocycles. The van der Waals surface area contributed by atoms with Crippen molar-refractivity contribution in [1.82, 2.24) is 4.90 Å². The minimum Gasteiger partial charge on any atom is -0.456 e. The number of hydrogen-bond donors (Lipinski definition) is 1. The summed E-state index contributed by atoms with van der Waals surface area (Å²) in [4.78, 5) is 82.6. The van der Waals surface area contributed by atoms with Crippen molar-refractivity contribution < 1.29 is 66.7 Å². The molecule has 1 saturated carbocycles. The van der Waals surface area contributed by atoms with Crippen LogP contribution in [0.5, 0.6) is 0 Å². The number of carbonyl (C=O) groups excluding carboxylic acids is 6. The first-order chi connectivity index (χ1) is 31.8. The number of hydrogen-bond acceptors (Lipinski definition) is 14. The van der Waals surface area contributed by atoms with Crippen LogP contribution < -0.4 is 0 Å². The van der Waals surface area contributed by atoms with Gasteiger partial charge in [0.15, 0.2) is 14.6 Å². The van der Waals surface area contributed by atoms with Gasteiger partial charge in [0, 0.05) is 52.0 Å². The molecule has 3 fully saturated rings. The first kappa shape index (κ1) is 57.6. The topological polar surface area (TPSA) is 190 Å². The van der Waals surface area contributed by atoms with Gasteiger partial charge in [0.2, 0.25) is 11.6 Å². The molecule has 1 amide bonds. The van der Waals surface area contributed by atoms with Gasteiger partial charge in [-0.3, -0.25) is 24.0 Å². The van der Waals surface area contributed by atoms with Crippen molar-refractivity contribution in [3.05, 3.63) is 23.3 Å². The van der Waals surface area contributed by atoms with Crippen LogP contribution in [-0.2, 0) is 61.6 Å². The zero-order valence-corrected chi connectivity index (χ0v) is 44.6. The van der Waals surface area contributed by atoms with Gasteiger partial charge in [0.1, 0.15) is 30.6 Å². The average Bonchev–Trinajstić information content (AvgIpc) is 3.29. The molecule has 0 radical (unpaired) electrons. The van der Waals surface area contributed by atoms with Gasteiger partial charge in [-0.05, 0) is 114 Å². The summed E-state index contributed by atoms with van der Waals surface area (Å²) < 4.78 is 43.7. The number of piperidine rings is 1. The van der Waals surface area contributed by atoms with Crippen LogP contribution in [0.4, 0.5) is 0 Å². The predicted molar refractivity (Wildman–Crippen MR) is 259 cm³/mol. The van der Waals surface area contributed by atoms with E-state index in [1.807, 2.05) is 27.7 Å². The monoisotopic (exact) mass is 976 g/mol. The van der Waals surface area contributed by atoms with Crippen molar-refractivity contribution in [3.63, 3.8) is 0 Å². The van der Waals surface area contributed by atoms with E-state index in [9.17, 15) is 33.9 Å². The van der Waals surface area contributed by atoms with Crippen LogP contribution in [0, 0.1) is 29.6 Å². The van der Waals surface area contributed by atoms with Crippen LogP contribution in [0.25, 0.3) is 0 Å². The number of fused-ring (bicyclic) bond motifs is 3. The Morgan fingerprint density at radius 2 is 1.56 bits per heavy atom. The lowest BCUT2D eigenvalue weighted by molar-refractivity contribution is -0.302. The number of esters is 1. The lowest BCUT2D eigenvalue weighted by Gasteiger charge is -2.47. The number of amides is 1. The molecule has 14 unspecified atom stereocenters. The molecule has 1 aliphatic carbocycles. The number of methoxy groups -OCH3 is 3. The maximum absolute atomic E-state index is 14.9. The maximum Gasteiger partial charge on any atom is 0.329 e. The third-order valence-electron chi connectivity index (χ3n) is 15.7. The molecular weight excluding hydrogens is 891 g/mol. The SMILES string of the molecule is CCC1/C=C(\C)CC(C)CC(OC)C2OC(O)(C(=O)C(=O)N3CCCCC3C(=O)OC(C(C)=CC3CCC(OCC(=O)C=O)C(OC)C3)C(C)C(O[Si](C)(C)C(C)(C)C)CC1=O)C(C)CC2OC. The molecule has 1 N–H and O–H groups in total. The second-order valence-electron chi connectivity index (χ2n) is 21.9. The van der Waals surface area contributed by atoms with Crippen LogP contribution in [0.3, 0.4) is 0 Å². The number of aliphatic hydroxyl groups is 1. The molecule has 4 aliphatic rings. The molecule has 386 valence electrons. The molecular formula is C52H85NO14Si. The largest absolute Gasteiger partial charge is 0.456 e. The Labute approximate surface area is 407 Å². The van der Waals surface area contributed by atoms with Gasteiger partial charge >= 0.3 is 5.97 Å². The summed E-state index contributed by atoms with van der Waals surface area (Å²) in [6, 6.07) is -1.15. The number of ether oxygens (including phenoxy) is 6. The molecule has 3 heterocycles. The molecule has 68 heavy (non-hydrogen) atoms. The molecule has 2 bridgehead atoms. The molecule has 0 spiro atoms. The van der Waals surface area contributed by atoms with Gasteiger partial charge in [-0.15, -0.1) is 0 Å². The quantitative estimate of drug-likeness (QED) is 0.0674. The third kappa shape index (κ3) is 14.1.